The Kier molecular flexibility index (Phi) is 6.65. The van der Waals surface area contributed by atoms with Gasteiger partial charge in [0.2, 0.25) is 0 Å². The zero-order valence-corrected chi connectivity index (χ0v) is 19.3. The van der Waals surface area contributed by atoms with Gasteiger partial charge in [-0.05, 0) is 36.8 Å². The summed E-state index contributed by atoms with van der Waals surface area (Å²) in [5, 5.41) is -0.406. The molecule has 1 aliphatic rings. The van der Waals surface area contributed by atoms with Gasteiger partial charge in [0.25, 0.3) is 0 Å². The topological polar surface area (TPSA) is 52.6 Å². The van der Waals surface area contributed by atoms with Gasteiger partial charge in [0.05, 0.1) is 12.4 Å². The molecule has 0 fully saturated rings. The highest BCUT2D eigenvalue weighted by Gasteiger charge is 2.35. The predicted molar refractivity (Wildman–Crippen MR) is 127 cm³/mol. The number of halogens is 1. The smallest absolute Gasteiger partial charge is 0.308 e. The fourth-order valence-electron chi connectivity index (χ4n) is 3.94. The largest absolute Gasteiger partial charge is 0.496 e. The van der Waals surface area contributed by atoms with Gasteiger partial charge in [0.15, 0.2) is 5.78 Å². The van der Waals surface area contributed by atoms with Crippen LogP contribution in [-0.4, -0.2) is 18.9 Å². The van der Waals surface area contributed by atoms with Crippen molar-refractivity contribution in [3.05, 3.63) is 106 Å². The van der Waals surface area contributed by atoms with Crippen molar-refractivity contribution in [3.63, 3.8) is 0 Å². The maximum absolute atomic E-state index is 13.8. The molecule has 0 N–H and O–H groups in total. The Balaban J connectivity index is 1.79. The first-order valence-electron chi connectivity index (χ1n) is 10.5. The Bertz CT molecular complexity index is 1230. The number of carbonyl (C=O) groups is 2. The third-order valence-electron chi connectivity index (χ3n) is 5.56. The average molecular weight is 463 g/mol. The highest BCUT2D eigenvalue weighted by molar-refractivity contribution is 8.00. The second-order valence-corrected chi connectivity index (χ2v) is 8.96. The van der Waals surface area contributed by atoms with Crippen LogP contribution in [0.25, 0.3) is 0 Å². The van der Waals surface area contributed by atoms with Crippen LogP contribution >= 0.6 is 11.8 Å². The van der Waals surface area contributed by atoms with E-state index in [0.29, 0.717) is 28.2 Å². The average Bonchev–Trinajstić information content (AvgIpc) is 3.25. The summed E-state index contributed by atoms with van der Waals surface area (Å²) < 4.78 is 24.3. The molecule has 1 heterocycles. The summed E-state index contributed by atoms with van der Waals surface area (Å²) in [7, 11) is 1.60. The zero-order valence-electron chi connectivity index (χ0n) is 18.5. The third kappa shape index (κ3) is 4.71. The molecule has 33 heavy (non-hydrogen) atoms. The molecule has 0 aromatic heterocycles. The molecule has 4 rings (SSSR count). The minimum absolute atomic E-state index is 0.128. The van der Waals surface area contributed by atoms with E-state index >= 15 is 0 Å². The molecule has 0 saturated heterocycles. The van der Waals surface area contributed by atoms with Crippen molar-refractivity contribution in [2.45, 2.75) is 24.3 Å². The molecule has 0 spiro atoms. The van der Waals surface area contributed by atoms with Crippen molar-refractivity contribution in [3.8, 4) is 11.5 Å². The van der Waals surface area contributed by atoms with E-state index in [9.17, 15) is 14.0 Å². The Morgan fingerprint density at radius 2 is 1.64 bits per heavy atom. The molecule has 1 aliphatic heterocycles. The number of ketones is 1. The molecular formula is C27H23FO4S. The number of ether oxygens (including phenoxy) is 2. The quantitative estimate of drug-likeness (QED) is 0.241. The highest BCUT2D eigenvalue weighted by Crippen LogP contribution is 2.54. The van der Waals surface area contributed by atoms with E-state index in [4.69, 9.17) is 9.47 Å². The summed E-state index contributed by atoms with van der Waals surface area (Å²) in [6.45, 7) is 3.10. The normalized spacial score (nSPS) is 17.4. The van der Waals surface area contributed by atoms with Crippen molar-refractivity contribution in [2.75, 3.05) is 7.11 Å². The zero-order chi connectivity index (χ0) is 23.5. The SMILES string of the molecule is COc1ccccc1C1SC(c2ccc(F)cc2)C=C1C(=O)c1cccc(OC(C)=O)c1C. The van der Waals surface area contributed by atoms with Crippen LogP contribution in [0.5, 0.6) is 11.5 Å². The Labute approximate surface area is 196 Å². The van der Waals surface area contributed by atoms with Crippen LogP contribution in [0.1, 0.15) is 44.5 Å². The Morgan fingerprint density at radius 3 is 2.33 bits per heavy atom. The molecule has 0 amide bonds. The number of para-hydroxylation sites is 1. The Morgan fingerprint density at radius 1 is 0.939 bits per heavy atom. The van der Waals surface area contributed by atoms with Crippen LogP contribution < -0.4 is 9.47 Å². The van der Waals surface area contributed by atoms with Crippen molar-refractivity contribution >= 4 is 23.5 Å². The first-order valence-corrected chi connectivity index (χ1v) is 11.4. The van der Waals surface area contributed by atoms with E-state index in [0.717, 1.165) is 11.1 Å². The molecule has 6 heteroatoms. The van der Waals surface area contributed by atoms with Gasteiger partial charge in [0.1, 0.15) is 17.3 Å². The van der Waals surface area contributed by atoms with Gasteiger partial charge in [-0.2, -0.15) is 0 Å². The van der Waals surface area contributed by atoms with Crippen LogP contribution in [0.15, 0.2) is 78.4 Å². The first kappa shape index (κ1) is 22.8. The van der Waals surface area contributed by atoms with Gasteiger partial charge in [-0.15, -0.1) is 11.8 Å². The number of Topliss-reactive ketones (excluding diaryl/α,β-unsaturated/α-hetero) is 1. The van der Waals surface area contributed by atoms with E-state index in [1.807, 2.05) is 30.3 Å². The number of benzene rings is 3. The molecule has 0 radical (unpaired) electrons. The molecule has 0 saturated carbocycles. The van der Waals surface area contributed by atoms with Crippen molar-refractivity contribution in [1.29, 1.82) is 0 Å². The summed E-state index contributed by atoms with van der Waals surface area (Å²) in [5.41, 5.74) is 3.49. The van der Waals surface area contributed by atoms with Crippen molar-refractivity contribution < 1.29 is 23.5 Å². The van der Waals surface area contributed by atoms with Gasteiger partial charge in [-0.3, -0.25) is 9.59 Å². The van der Waals surface area contributed by atoms with Crippen LogP contribution in [0.2, 0.25) is 0 Å². The number of thioether (sulfide) groups is 1. The molecule has 2 atom stereocenters. The van der Waals surface area contributed by atoms with E-state index in [2.05, 4.69) is 0 Å². The maximum atomic E-state index is 13.8. The fourth-order valence-corrected chi connectivity index (χ4v) is 5.44. The molecule has 3 aromatic rings. The van der Waals surface area contributed by atoms with Crippen LogP contribution in [0, 0.1) is 12.7 Å². The van der Waals surface area contributed by atoms with Gasteiger partial charge in [-0.25, -0.2) is 4.39 Å². The van der Waals surface area contributed by atoms with E-state index in [1.54, 1.807) is 56.1 Å². The summed E-state index contributed by atoms with van der Waals surface area (Å²) in [6, 6.07) is 19.1. The lowest BCUT2D eigenvalue weighted by Crippen LogP contribution is -2.11. The standard InChI is InChI=1S/C27H23FO4S/c1-16-20(8-6-10-23(16)32-17(2)29)26(30)22-15-25(18-11-13-19(28)14-12-18)33-27(22)21-7-4-5-9-24(21)31-3/h4-15,25,27H,1-3H3. The molecular weight excluding hydrogens is 439 g/mol. The maximum Gasteiger partial charge on any atom is 0.308 e. The lowest BCUT2D eigenvalue weighted by atomic mass is 9.92. The van der Waals surface area contributed by atoms with Crippen molar-refractivity contribution in [1.82, 2.24) is 0 Å². The monoisotopic (exact) mass is 462 g/mol. The number of rotatable bonds is 6. The number of methoxy groups -OCH3 is 1. The lowest BCUT2D eigenvalue weighted by molar-refractivity contribution is -0.131. The van der Waals surface area contributed by atoms with E-state index < -0.39 is 5.97 Å². The lowest BCUT2D eigenvalue weighted by Gasteiger charge is -2.19. The molecule has 2 unspecified atom stereocenters. The second kappa shape index (κ2) is 9.63. The van der Waals surface area contributed by atoms with Crippen LogP contribution in [-0.2, 0) is 4.79 Å². The minimum Gasteiger partial charge on any atom is -0.496 e. The third-order valence-corrected chi connectivity index (χ3v) is 7.04. The number of esters is 1. The van der Waals surface area contributed by atoms with Gasteiger partial charge in [-0.1, -0.05) is 48.5 Å². The fraction of sp³-hybridized carbons (Fsp3) is 0.185. The highest BCUT2D eigenvalue weighted by atomic mass is 32.2. The van der Waals surface area contributed by atoms with Gasteiger partial charge in [0, 0.05) is 34.4 Å². The number of hydrogen-bond donors (Lipinski definition) is 0. The summed E-state index contributed by atoms with van der Waals surface area (Å²) in [6.07, 6.45) is 1.94. The first-order chi connectivity index (χ1) is 15.9. The van der Waals surface area contributed by atoms with Crippen molar-refractivity contribution in [2.24, 2.45) is 0 Å². The Hall–Kier alpha value is -3.38. The summed E-state index contributed by atoms with van der Waals surface area (Å²) in [5.74, 6) is 0.166. The molecule has 4 nitrogen and oxygen atoms in total. The van der Waals surface area contributed by atoms with E-state index in [1.165, 1.54) is 19.1 Å². The predicted octanol–water partition coefficient (Wildman–Crippen LogP) is 6.41. The van der Waals surface area contributed by atoms with Gasteiger partial charge >= 0.3 is 5.97 Å². The minimum atomic E-state index is -0.443. The van der Waals surface area contributed by atoms with E-state index in [-0.39, 0.29) is 22.1 Å². The van der Waals surface area contributed by atoms with Crippen LogP contribution in [0.4, 0.5) is 4.39 Å². The number of hydrogen-bond acceptors (Lipinski definition) is 5. The van der Waals surface area contributed by atoms with Crippen LogP contribution in [0.3, 0.4) is 0 Å². The summed E-state index contributed by atoms with van der Waals surface area (Å²) in [4.78, 5) is 25.3. The van der Waals surface area contributed by atoms with Gasteiger partial charge < -0.3 is 9.47 Å². The molecule has 3 aromatic carbocycles. The number of carbonyl (C=O) groups excluding carboxylic acids is 2. The second-order valence-electron chi connectivity index (χ2n) is 7.70. The molecule has 168 valence electrons. The molecule has 0 aliphatic carbocycles. The summed E-state index contributed by atoms with van der Waals surface area (Å²) >= 11 is 1.60. The molecule has 0 bridgehead atoms.